The minimum Gasteiger partial charge on any atom is -0.398 e. The van der Waals surface area contributed by atoms with Crippen LogP contribution in [0.15, 0.2) is 18.2 Å². The fourth-order valence-corrected chi connectivity index (χ4v) is 1.55. The first-order valence-corrected chi connectivity index (χ1v) is 5.87. The molecule has 1 aromatic carbocycles. The quantitative estimate of drug-likeness (QED) is 0.678. The second-order valence-corrected chi connectivity index (χ2v) is 4.13. The number of carbonyl (C=O) groups is 1. The number of carbonyl (C=O) groups excluding carboxylic acids is 1. The number of hydrogen-bond donors (Lipinski definition) is 3. The molecule has 0 fully saturated rings. The largest absolute Gasteiger partial charge is 0.398 e. The van der Waals surface area contributed by atoms with Crippen LogP contribution in [0.25, 0.3) is 0 Å². The Labute approximate surface area is 102 Å². The molecular weight excluding hydrogens is 216 g/mol. The molecule has 94 valence electrons. The molecule has 1 unspecified atom stereocenters. The minimum absolute atomic E-state index is 0.141. The van der Waals surface area contributed by atoms with Crippen LogP contribution in [0.2, 0.25) is 0 Å². The predicted octanol–water partition coefficient (Wildman–Crippen LogP) is 1.47. The number of anilines is 1. The third kappa shape index (κ3) is 3.75. The van der Waals surface area contributed by atoms with Gasteiger partial charge in [0, 0.05) is 17.8 Å². The molecule has 0 saturated carbocycles. The SMILES string of the molecule is CCC(O)CCNC(=O)c1cccc(N)c1C. The van der Waals surface area contributed by atoms with Crippen LogP contribution in [-0.2, 0) is 0 Å². The molecule has 0 aliphatic heterocycles. The molecule has 0 aliphatic rings. The Kier molecular flexibility index (Phi) is 4.97. The summed E-state index contributed by atoms with van der Waals surface area (Å²) in [5, 5.41) is 12.1. The normalized spacial score (nSPS) is 12.2. The van der Waals surface area contributed by atoms with Gasteiger partial charge in [-0.05, 0) is 37.5 Å². The molecule has 0 aromatic heterocycles. The molecule has 1 atom stereocenters. The first kappa shape index (κ1) is 13.5. The van der Waals surface area contributed by atoms with Crippen molar-refractivity contribution in [2.75, 3.05) is 12.3 Å². The van der Waals surface area contributed by atoms with E-state index in [0.717, 1.165) is 5.56 Å². The van der Waals surface area contributed by atoms with E-state index in [1.165, 1.54) is 0 Å². The molecular formula is C13H20N2O2. The third-order valence-corrected chi connectivity index (χ3v) is 2.85. The molecule has 1 amide bonds. The van der Waals surface area contributed by atoms with Crippen LogP contribution in [0.3, 0.4) is 0 Å². The van der Waals surface area contributed by atoms with Gasteiger partial charge in [0.1, 0.15) is 0 Å². The molecule has 0 saturated heterocycles. The lowest BCUT2D eigenvalue weighted by atomic mass is 10.1. The Bertz CT molecular complexity index is 391. The maximum atomic E-state index is 11.8. The molecule has 0 radical (unpaired) electrons. The van der Waals surface area contributed by atoms with E-state index < -0.39 is 0 Å². The summed E-state index contributed by atoms with van der Waals surface area (Å²) in [5.41, 5.74) is 7.74. The maximum Gasteiger partial charge on any atom is 0.251 e. The molecule has 4 heteroatoms. The van der Waals surface area contributed by atoms with Crippen molar-refractivity contribution in [3.05, 3.63) is 29.3 Å². The van der Waals surface area contributed by atoms with E-state index in [1.54, 1.807) is 18.2 Å². The van der Waals surface area contributed by atoms with Crippen molar-refractivity contribution in [2.24, 2.45) is 0 Å². The van der Waals surface area contributed by atoms with Gasteiger partial charge in [0.15, 0.2) is 0 Å². The summed E-state index contributed by atoms with van der Waals surface area (Å²) in [7, 11) is 0. The number of hydrogen-bond acceptors (Lipinski definition) is 3. The van der Waals surface area contributed by atoms with Gasteiger partial charge in [0.2, 0.25) is 0 Å². The Balaban J connectivity index is 2.56. The van der Waals surface area contributed by atoms with E-state index in [-0.39, 0.29) is 12.0 Å². The predicted molar refractivity (Wildman–Crippen MR) is 68.8 cm³/mol. The number of nitrogen functional groups attached to an aromatic ring is 1. The lowest BCUT2D eigenvalue weighted by molar-refractivity contribution is 0.0941. The van der Waals surface area contributed by atoms with E-state index in [2.05, 4.69) is 5.32 Å². The van der Waals surface area contributed by atoms with Crippen molar-refractivity contribution in [1.82, 2.24) is 5.32 Å². The average Bonchev–Trinajstić information content (AvgIpc) is 2.32. The fourth-order valence-electron chi connectivity index (χ4n) is 1.55. The first-order valence-electron chi connectivity index (χ1n) is 5.87. The van der Waals surface area contributed by atoms with Crippen molar-refractivity contribution in [3.8, 4) is 0 Å². The fraction of sp³-hybridized carbons (Fsp3) is 0.462. The monoisotopic (exact) mass is 236 g/mol. The first-order chi connectivity index (χ1) is 8.06. The van der Waals surface area contributed by atoms with Gasteiger partial charge >= 0.3 is 0 Å². The summed E-state index contributed by atoms with van der Waals surface area (Å²) in [4.78, 5) is 11.8. The molecule has 1 rings (SSSR count). The Morgan fingerprint density at radius 2 is 2.24 bits per heavy atom. The number of aliphatic hydroxyl groups is 1. The second-order valence-electron chi connectivity index (χ2n) is 4.13. The molecule has 0 heterocycles. The zero-order chi connectivity index (χ0) is 12.8. The van der Waals surface area contributed by atoms with Gasteiger partial charge in [-0.15, -0.1) is 0 Å². The van der Waals surface area contributed by atoms with Crippen molar-refractivity contribution >= 4 is 11.6 Å². The van der Waals surface area contributed by atoms with Crippen molar-refractivity contribution in [2.45, 2.75) is 32.8 Å². The Morgan fingerprint density at radius 3 is 2.88 bits per heavy atom. The van der Waals surface area contributed by atoms with Gasteiger partial charge in [-0.1, -0.05) is 13.0 Å². The van der Waals surface area contributed by atoms with Gasteiger partial charge in [0.05, 0.1) is 6.10 Å². The van der Waals surface area contributed by atoms with Gasteiger partial charge < -0.3 is 16.2 Å². The molecule has 0 spiro atoms. The van der Waals surface area contributed by atoms with E-state index in [4.69, 9.17) is 5.73 Å². The van der Waals surface area contributed by atoms with Crippen LogP contribution in [-0.4, -0.2) is 23.7 Å². The average molecular weight is 236 g/mol. The van der Waals surface area contributed by atoms with E-state index in [9.17, 15) is 9.90 Å². The van der Waals surface area contributed by atoms with Crippen LogP contribution >= 0.6 is 0 Å². The number of rotatable bonds is 5. The second kappa shape index (κ2) is 6.25. The van der Waals surface area contributed by atoms with Crippen LogP contribution in [0.4, 0.5) is 5.69 Å². The summed E-state index contributed by atoms with van der Waals surface area (Å²) < 4.78 is 0. The van der Waals surface area contributed by atoms with Gasteiger partial charge in [-0.3, -0.25) is 4.79 Å². The molecule has 17 heavy (non-hydrogen) atoms. The standard InChI is InChI=1S/C13H20N2O2/c1-3-10(16)7-8-15-13(17)11-5-4-6-12(14)9(11)2/h4-6,10,16H,3,7-8,14H2,1-2H3,(H,15,17). The van der Waals surface area contributed by atoms with Crippen molar-refractivity contribution in [1.29, 1.82) is 0 Å². The summed E-state index contributed by atoms with van der Waals surface area (Å²) in [6.07, 6.45) is 0.925. The number of nitrogens with two attached hydrogens (primary N) is 1. The highest BCUT2D eigenvalue weighted by molar-refractivity contribution is 5.96. The van der Waals surface area contributed by atoms with E-state index in [0.29, 0.717) is 30.6 Å². The van der Waals surface area contributed by atoms with Crippen LogP contribution < -0.4 is 11.1 Å². The molecule has 0 aliphatic carbocycles. The third-order valence-electron chi connectivity index (χ3n) is 2.85. The Morgan fingerprint density at radius 1 is 1.53 bits per heavy atom. The number of nitrogens with one attached hydrogen (secondary N) is 1. The van der Waals surface area contributed by atoms with Gasteiger partial charge in [0.25, 0.3) is 5.91 Å². The topological polar surface area (TPSA) is 75.3 Å². The number of benzene rings is 1. The summed E-state index contributed by atoms with van der Waals surface area (Å²) in [6.45, 7) is 4.21. The molecule has 0 bridgehead atoms. The molecule has 4 nitrogen and oxygen atoms in total. The number of aliphatic hydroxyl groups excluding tert-OH is 1. The highest BCUT2D eigenvalue weighted by Crippen LogP contribution is 2.15. The van der Waals surface area contributed by atoms with Gasteiger partial charge in [-0.25, -0.2) is 0 Å². The lowest BCUT2D eigenvalue weighted by Crippen LogP contribution is -2.27. The summed E-state index contributed by atoms with van der Waals surface area (Å²) >= 11 is 0. The van der Waals surface area contributed by atoms with Crippen molar-refractivity contribution in [3.63, 3.8) is 0 Å². The number of amides is 1. The highest BCUT2D eigenvalue weighted by Gasteiger charge is 2.10. The minimum atomic E-state index is -0.350. The summed E-state index contributed by atoms with van der Waals surface area (Å²) in [6, 6.07) is 5.28. The van der Waals surface area contributed by atoms with E-state index >= 15 is 0 Å². The van der Waals surface area contributed by atoms with Crippen LogP contribution in [0.1, 0.15) is 35.7 Å². The van der Waals surface area contributed by atoms with Gasteiger partial charge in [-0.2, -0.15) is 0 Å². The maximum absolute atomic E-state index is 11.8. The highest BCUT2D eigenvalue weighted by atomic mass is 16.3. The van der Waals surface area contributed by atoms with Crippen molar-refractivity contribution < 1.29 is 9.90 Å². The van der Waals surface area contributed by atoms with Crippen LogP contribution in [0, 0.1) is 6.92 Å². The lowest BCUT2D eigenvalue weighted by Gasteiger charge is -2.11. The zero-order valence-electron chi connectivity index (χ0n) is 10.4. The Hall–Kier alpha value is -1.55. The van der Waals surface area contributed by atoms with E-state index in [1.807, 2.05) is 13.8 Å². The molecule has 1 aromatic rings. The zero-order valence-corrected chi connectivity index (χ0v) is 10.4. The summed E-state index contributed by atoms with van der Waals surface area (Å²) in [5.74, 6) is -0.141. The molecule has 4 N–H and O–H groups in total. The van der Waals surface area contributed by atoms with Crippen LogP contribution in [0.5, 0.6) is 0 Å². The smallest absolute Gasteiger partial charge is 0.251 e.